The minimum absolute atomic E-state index is 0.0244. The summed E-state index contributed by atoms with van der Waals surface area (Å²) < 4.78 is 17.4. The Morgan fingerprint density at radius 3 is 2.57 bits per heavy atom. The third-order valence-corrected chi connectivity index (χ3v) is 5.50. The maximum atomic E-state index is 13.3. The van der Waals surface area contributed by atoms with E-state index in [9.17, 15) is 9.59 Å². The van der Waals surface area contributed by atoms with Gasteiger partial charge in [0.1, 0.15) is 6.61 Å². The van der Waals surface area contributed by atoms with Crippen LogP contribution in [0.1, 0.15) is 30.4 Å². The van der Waals surface area contributed by atoms with Crippen LogP contribution in [0.4, 0.5) is 0 Å². The van der Waals surface area contributed by atoms with E-state index in [4.69, 9.17) is 9.47 Å². The molecule has 1 fully saturated rings. The van der Waals surface area contributed by atoms with Crippen LogP contribution in [0, 0.1) is 5.92 Å². The normalized spacial score (nSPS) is 15.5. The molecule has 164 valence electrons. The number of likely N-dealkylation sites (tertiary alicyclic amines) is 1. The molecule has 0 bridgehead atoms. The number of ether oxygens (including phenoxy) is 3. The Labute approximate surface area is 177 Å². The third kappa shape index (κ3) is 5.65. The molecule has 0 N–H and O–H groups in total. The average Bonchev–Trinajstić information content (AvgIpc) is 3.15. The van der Waals surface area contributed by atoms with E-state index in [0.29, 0.717) is 32.2 Å². The molecule has 3 rings (SSSR count). The van der Waals surface area contributed by atoms with E-state index in [0.717, 1.165) is 43.5 Å². The first-order valence-corrected chi connectivity index (χ1v) is 10.6. The van der Waals surface area contributed by atoms with E-state index >= 15 is 0 Å². The van der Waals surface area contributed by atoms with Gasteiger partial charge in [-0.3, -0.25) is 4.79 Å². The zero-order chi connectivity index (χ0) is 21.3. The maximum Gasteiger partial charge on any atom is 0.331 e. The molecule has 0 aliphatic carbocycles. The lowest BCUT2D eigenvalue weighted by molar-refractivity contribution is -0.146. The van der Waals surface area contributed by atoms with Crippen LogP contribution in [0.2, 0.25) is 0 Å². The van der Waals surface area contributed by atoms with E-state index < -0.39 is 0 Å². The molecule has 0 amide bonds. The van der Waals surface area contributed by atoms with Crippen molar-refractivity contribution in [1.29, 1.82) is 0 Å². The summed E-state index contributed by atoms with van der Waals surface area (Å²) >= 11 is 0. The number of ketones is 1. The Kier molecular flexibility index (Phi) is 8.36. The first kappa shape index (κ1) is 22.4. The van der Waals surface area contributed by atoms with Gasteiger partial charge in [0.15, 0.2) is 5.82 Å². The number of esters is 1. The van der Waals surface area contributed by atoms with Gasteiger partial charge in [-0.1, -0.05) is 12.1 Å². The second-order valence-electron chi connectivity index (χ2n) is 7.38. The van der Waals surface area contributed by atoms with Crippen molar-refractivity contribution in [3.63, 3.8) is 0 Å². The van der Waals surface area contributed by atoms with E-state index in [1.165, 1.54) is 7.11 Å². The van der Waals surface area contributed by atoms with Gasteiger partial charge in [-0.15, -0.1) is 0 Å². The van der Waals surface area contributed by atoms with Gasteiger partial charge in [-0.2, -0.15) is 0 Å². The quantitative estimate of drug-likeness (QED) is 0.315. The van der Waals surface area contributed by atoms with Gasteiger partial charge >= 0.3 is 5.97 Å². The van der Waals surface area contributed by atoms with Gasteiger partial charge in [0.05, 0.1) is 31.4 Å². The smallest absolute Gasteiger partial charge is 0.331 e. The van der Waals surface area contributed by atoms with Crippen LogP contribution in [-0.4, -0.2) is 79.4 Å². The van der Waals surface area contributed by atoms with Gasteiger partial charge in [-0.25, -0.2) is 9.78 Å². The first-order chi connectivity index (χ1) is 14.6. The number of hydrogen-bond donors (Lipinski definition) is 0. The van der Waals surface area contributed by atoms with Crippen molar-refractivity contribution in [2.75, 3.05) is 53.2 Å². The highest BCUT2D eigenvalue weighted by Crippen LogP contribution is 2.24. The lowest BCUT2D eigenvalue weighted by atomic mass is 9.92. The number of aromatic nitrogens is 2. The molecule has 0 radical (unpaired) electrons. The van der Waals surface area contributed by atoms with Crippen molar-refractivity contribution in [2.45, 2.75) is 26.3 Å². The fraction of sp³-hybridized carbons (Fsp3) is 0.591. The summed E-state index contributed by atoms with van der Waals surface area (Å²) in [4.78, 5) is 31.3. The molecule has 0 saturated carbocycles. The number of benzene rings is 1. The zero-order valence-electron chi connectivity index (χ0n) is 17.8. The number of imidazole rings is 1. The summed E-state index contributed by atoms with van der Waals surface area (Å²) in [6.45, 7) is 6.64. The lowest BCUT2D eigenvalue weighted by Crippen LogP contribution is -2.38. The minimum Gasteiger partial charge on any atom is -0.467 e. The van der Waals surface area contributed by atoms with Gasteiger partial charge in [0, 0.05) is 25.6 Å². The topological polar surface area (TPSA) is 82.9 Å². The predicted octanol–water partition coefficient (Wildman–Crippen LogP) is 2.16. The third-order valence-electron chi connectivity index (χ3n) is 5.50. The highest BCUT2D eigenvalue weighted by Gasteiger charge is 2.29. The van der Waals surface area contributed by atoms with Crippen LogP contribution in [-0.2, 0) is 25.5 Å². The van der Waals surface area contributed by atoms with E-state index in [2.05, 4.69) is 14.6 Å². The van der Waals surface area contributed by atoms with Gasteiger partial charge < -0.3 is 23.7 Å². The summed E-state index contributed by atoms with van der Waals surface area (Å²) in [5.74, 6) is 0.256. The number of piperidine rings is 1. The predicted molar refractivity (Wildman–Crippen MR) is 113 cm³/mol. The van der Waals surface area contributed by atoms with E-state index in [-0.39, 0.29) is 24.3 Å². The fourth-order valence-electron chi connectivity index (χ4n) is 3.80. The molecule has 0 atom stereocenters. The standard InChI is InChI=1S/C22H31N3O5/c1-3-29-15-13-25-19-7-5-4-6-18(19)23-22(25)21(27)17-8-10-24(11-9-17)12-14-30-16-20(26)28-2/h4-7,17H,3,8-16H2,1-2H3. The number of para-hydroxylation sites is 2. The molecule has 2 heterocycles. The maximum absolute atomic E-state index is 13.3. The number of fused-ring (bicyclic) bond motifs is 1. The molecule has 1 saturated heterocycles. The second kappa shape index (κ2) is 11.2. The number of methoxy groups -OCH3 is 1. The molecule has 8 heteroatoms. The highest BCUT2D eigenvalue weighted by atomic mass is 16.6. The summed E-state index contributed by atoms with van der Waals surface area (Å²) in [6.07, 6.45) is 1.59. The molecular formula is C22H31N3O5. The number of carbonyl (C=O) groups is 2. The Morgan fingerprint density at radius 2 is 1.83 bits per heavy atom. The number of nitrogens with zero attached hydrogens (tertiary/aromatic N) is 3. The highest BCUT2D eigenvalue weighted by molar-refractivity contribution is 5.98. The Bertz CT molecular complexity index is 842. The molecule has 1 aliphatic rings. The fourth-order valence-corrected chi connectivity index (χ4v) is 3.80. The van der Waals surface area contributed by atoms with Crippen molar-refractivity contribution in [1.82, 2.24) is 14.5 Å². The van der Waals surface area contributed by atoms with Crippen LogP contribution >= 0.6 is 0 Å². The van der Waals surface area contributed by atoms with Gasteiger partial charge in [-0.05, 0) is 45.0 Å². The number of Topliss-reactive ketones (excluding diaryl/α,β-unsaturated/α-hetero) is 1. The molecule has 30 heavy (non-hydrogen) atoms. The molecule has 1 aromatic heterocycles. The molecule has 8 nitrogen and oxygen atoms in total. The molecule has 0 unspecified atom stereocenters. The van der Waals surface area contributed by atoms with Crippen LogP contribution in [0.3, 0.4) is 0 Å². The SMILES string of the molecule is CCOCCn1c(C(=O)C2CCN(CCOCC(=O)OC)CC2)nc2ccccc21. The molecule has 1 aliphatic heterocycles. The zero-order valence-corrected chi connectivity index (χ0v) is 17.8. The number of rotatable bonds is 11. The van der Waals surface area contributed by atoms with Gasteiger partial charge in [0.25, 0.3) is 0 Å². The van der Waals surface area contributed by atoms with E-state index in [1.54, 1.807) is 0 Å². The van der Waals surface area contributed by atoms with Crippen LogP contribution in [0.5, 0.6) is 0 Å². The van der Waals surface area contributed by atoms with Crippen molar-refractivity contribution >= 4 is 22.8 Å². The molecule has 0 spiro atoms. The molecular weight excluding hydrogens is 386 g/mol. The van der Waals surface area contributed by atoms with E-state index in [1.807, 2.05) is 35.8 Å². The summed E-state index contributed by atoms with van der Waals surface area (Å²) in [5, 5.41) is 0. The summed E-state index contributed by atoms with van der Waals surface area (Å²) in [5.41, 5.74) is 1.82. The Balaban J connectivity index is 1.57. The Hall–Kier alpha value is -2.29. The molecule has 2 aromatic rings. The molecule has 1 aromatic carbocycles. The monoisotopic (exact) mass is 417 g/mol. The van der Waals surface area contributed by atoms with Crippen molar-refractivity contribution in [2.24, 2.45) is 5.92 Å². The number of carbonyl (C=O) groups excluding carboxylic acids is 2. The van der Waals surface area contributed by atoms with Crippen LogP contribution < -0.4 is 0 Å². The summed E-state index contributed by atoms with van der Waals surface area (Å²) in [7, 11) is 1.35. The van der Waals surface area contributed by atoms with Crippen molar-refractivity contribution < 1.29 is 23.8 Å². The minimum atomic E-state index is -0.369. The lowest BCUT2D eigenvalue weighted by Gasteiger charge is -2.30. The first-order valence-electron chi connectivity index (χ1n) is 10.6. The van der Waals surface area contributed by atoms with Crippen molar-refractivity contribution in [3.05, 3.63) is 30.1 Å². The van der Waals surface area contributed by atoms with Gasteiger partial charge in [0.2, 0.25) is 5.78 Å². The van der Waals surface area contributed by atoms with Crippen LogP contribution in [0.15, 0.2) is 24.3 Å². The second-order valence-corrected chi connectivity index (χ2v) is 7.38. The summed E-state index contributed by atoms with van der Waals surface area (Å²) in [6, 6.07) is 7.86. The Morgan fingerprint density at radius 1 is 1.10 bits per heavy atom. The average molecular weight is 418 g/mol. The van der Waals surface area contributed by atoms with Crippen molar-refractivity contribution in [3.8, 4) is 0 Å². The largest absolute Gasteiger partial charge is 0.467 e. The van der Waals surface area contributed by atoms with Crippen LogP contribution in [0.25, 0.3) is 11.0 Å². The number of hydrogen-bond acceptors (Lipinski definition) is 7.